The molecule has 0 saturated heterocycles. The van der Waals surface area contributed by atoms with Gasteiger partial charge in [-0.2, -0.15) is 20.5 Å². The van der Waals surface area contributed by atoms with Gasteiger partial charge in [0.15, 0.2) is 0 Å². The summed E-state index contributed by atoms with van der Waals surface area (Å²) >= 11 is 0. The van der Waals surface area contributed by atoms with Crippen LogP contribution in [0.4, 0.5) is 28.4 Å². The molecule has 2 aliphatic heterocycles. The third-order valence-electron chi connectivity index (χ3n) is 19.6. The third kappa shape index (κ3) is 7.34. The van der Waals surface area contributed by atoms with E-state index in [0.717, 1.165) is 133 Å². The number of hydrazine groups is 2. The lowest BCUT2D eigenvalue weighted by Gasteiger charge is -2.42. The van der Waals surface area contributed by atoms with E-state index in [1.807, 2.05) is 0 Å². The van der Waals surface area contributed by atoms with Crippen LogP contribution in [-0.2, 0) is 6.42 Å². The summed E-state index contributed by atoms with van der Waals surface area (Å²) in [5.74, 6) is 0.165. The Morgan fingerprint density at radius 2 is 0.641 bits per heavy atom. The Kier molecular flexibility index (Phi) is 10.8. The summed E-state index contributed by atoms with van der Waals surface area (Å²) in [5.41, 5.74) is 13.0. The number of hydrogen-bond donors (Lipinski definition) is 0. The molecule has 0 fully saturated rings. The Morgan fingerprint density at radius 1 is 0.304 bits per heavy atom. The van der Waals surface area contributed by atoms with Crippen LogP contribution in [0.2, 0.25) is 0 Å². The maximum absolute atomic E-state index is 2.51. The van der Waals surface area contributed by atoms with Crippen LogP contribution in [0, 0.1) is 5.92 Å². The lowest BCUT2D eigenvalue weighted by atomic mass is 9.90. The van der Waals surface area contributed by atoms with Gasteiger partial charge in [0.1, 0.15) is 0 Å². The Balaban J connectivity index is 0.983. The normalized spacial score (nSPS) is 15.3. The Hall–Kier alpha value is -12.3. The zero-order valence-corrected chi connectivity index (χ0v) is 50.0. The summed E-state index contributed by atoms with van der Waals surface area (Å²) in [5, 5.41) is 28.2. The van der Waals surface area contributed by atoms with Crippen molar-refractivity contribution in [2.75, 3.05) is 32.0 Å². The molecule has 2 unspecified atom stereocenters. The molecule has 20 rings (SSSR count). The molecule has 0 spiro atoms. The maximum atomic E-state index is 2.51. The zero-order valence-electron chi connectivity index (χ0n) is 50.0. The number of hydrogen-bond acceptors (Lipinski definition) is 6. The average Bonchev–Trinajstić information content (AvgIpc) is 0.971. The number of benzene rings is 11. The van der Waals surface area contributed by atoms with E-state index < -0.39 is 0 Å². The van der Waals surface area contributed by atoms with Crippen LogP contribution in [0.5, 0.6) is 0 Å². The molecule has 3 aliphatic rings. The first-order valence-electron chi connectivity index (χ1n) is 31.7. The second kappa shape index (κ2) is 19.6. The second-order valence-electron chi connectivity index (χ2n) is 24.4. The van der Waals surface area contributed by atoms with Gasteiger partial charge in [-0.05, 0) is 103 Å². The first-order valence-corrected chi connectivity index (χ1v) is 31.7. The van der Waals surface area contributed by atoms with Crippen molar-refractivity contribution in [3.05, 3.63) is 322 Å². The molecule has 12 heteroatoms. The van der Waals surface area contributed by atoms with Gasteiger partial charge in [0.05, 0.1) is 67.6 Å². The van der Waals surface area contributed by atoms with Crippen LogP contribution in [0.3, 0.4) is 0 Å². The van der Waals surface area contributed by atoms with Crippen molar-refractivity contribution in [1.29, 1.82) is 0 Å². The van der Waals surface area contributed by atoms with Gasteiger partial charge in [0.2, 0.25) is 0 Å². The molecule has 11 aromatic carbocycles. The minimum Gasteiger partial charge on any atom is -0.266 e. The lowest BCUT2D eigenvalue weighted by molar-refractivity contribution is 0.270. The van der Waals surface area contributed by atoms with E-state index in [0.29, 0.717) is 0 Å². The molecule has 2 atom stereocenters. The fourth-order valence-corrected chi connectivity index (χ4v) is 15.4. The monoisotopic (exact) mass is 1190 g/mol. The molecule has 0 bridgehead atoms. The first kappa shape index (κ1) is 50.7. The smallest absolute Gasteiger partial charge is 0.0925 e. The highest BCUT2D eigenvalue weighted by atomic mass is 15.8. The van der Waals surface area contributed by atoms with E-state index in [1.54, 1.807) is 0 Å². The molecule has 0 N–H and O–H groups in total. The van der Waals surface area contributed by atoms with Crippen LogP contribution in [0.1, 0.15) is 5.56 Å². The molecule has 6 aromatic heterocycles. The van der Waals surface area contributed by atoms with Crippen molar-refractivity contribution in [2.24, 2.45) is 5.92 Å². The number of nitrogens with zero attached hydrogens (tertiary/aromatic N) is 12. The molecular weight excluding hydrogens is 1130 g/mol. The summed E-state index contributed by atoms with van der Waals surface area (Å²) in [6.07, 6.45) is 28.0. The zero-order chi connectivity index (χ0) is 60.1. The topological polar surface area (TPSA) is 49.0 Å². The summed E-state index contributed by atoms with van der Waals surface area (Å²) < 4.78 is 14.1. The van der Waals surface area contributed by atoms with Crippen LogP contribution >= 0.6 is 0 Å². The average molecular weight is 1190 g/mol. The fraction of sp³-hybridized carbons (Fsp3) is 0.0500. The van der Waals surface area contributed by atoms with E-state index in [-0.39, 0.29) is 12.0 Å². The van der Waals surface area contributed by atoms with Crippen molar-refractivity contribution < 1.29 is 0 Å². The number of aromatic nitrogens is 6. The van der Waals surface area contributed by atoms with E-state index >= 15 is 0 Å². The summed E-state index contributed by atoms with van der Waals surface area (Å²) in [6.45, 7) is 0.772. The molecule has 12 nitrogen and oxygen atoms in total. The Labute approximate surface area is 528 Å². The lowest BCUT2D eigenvalue weighted by Crippen LogP contribution is -2.48. The van der Waals surface area contributed by atoms with E-state index in [9.17, 15) is 0 Å². The van der Waals surface area contributed by atoms with Gasteiger partial charge in [-0.25, -0.2) is 28.1 Å². The quantitative estimate of drug-likeness (QED) is 0.114. The molecule has 92 heavy (non-hydrogen) atoms. The van der Waals surface area contributed by atoms with E-state index in [4.69, 9.17) is 0 Å². The fourth-order valence-electron chi connectivity index (χ4n) is 15.4. The molecule has 0 saturated carbocycles. The minimum atomic E-state index is -0.000918. The van der Waals surface area contributed by atoms with Crippen LogP contribution in [0.25, 0.3) is 97.7 Å². The van der Waals surface area contributed by atoms with Gasteiger partial charge >= 0.3 is 0 Å². The molecule has 438 valence electrons. The summed E-state index contributed by atoms with van der Waals surface area (Å²) in [4.78, 5) is 0. The number of anilines is 5. The van der Waals surface area contributed by atoms with Gasteiger partial charge in [0.25, 0.3) is 0 Å². The molecule has 0 radical (unpaired) electrons. The van der Waals surface area contributed by atoms with E-state index in [2.05, 4.69) is 375 Å². The van der Waals surface area contributed by atoms with Crippen molar-refractivity contribution in [3.63, 3.8) is 0 Å². The third-order valence-corrected chi connectivity index (χ3v) is 19.6. The van der Waals surface area contributed by atoms with Crippen LogP contribution in [0.15, 0.2) is 316 Å². The number of para-hydroxylation sites is 7. The van der Waals surface area contributed by atoms with Gasteiger partial charge < -0.3 is 0 Å². The number of rotatable bonds is 12. The highest BCUT2D eigenvalue weighted by Crippen LogP contribution is 2.52. The summed E-state index contributed by atoms with van der Waals surface area (Å²) in [7, 11) is 0. The van der Waals surface area contributed by atoms with Crippen LogP contribution < -0.4 is 25.5 Å². The predicted octanol–water partition coefficient (Wildman–Crippen LogP) is 18.2. The molecule has 8 heterocycles. The van der Waals surface area contributed by atoms with Gasteiger partial charge in [0, 0.05) is 120 Å². The van der Waals surface area contributed by atoms with Gasteiger partial charge in [-0.1, -0.05) is 182 Å². The van der Waals surface area contributed by atoms with Crippen molar-refractivity contribution in [3.8, 4) is 0 Å². The molecule has 0 amide bonds. The largest absolute Gasteiger partial charge is 0.266 e. The van der Waals surface area contributed by atoms with Crippen molar-refractivity contribution in [1.82, 2.24) is 33.1 Å². The van der Waals surface area contributed by atoms with Crippen LogP contribution in [-0.4, -0.2) is 45.7 Å². The van der Waals surface area contributed by atoms with E-state index in [1.165, 1.54) is 11.3 Å². The van der Waals surface area contributed by atoms with Gasteiger partial charge in [-0.3, -0.25) is 10.0 Å². The minimum absolute atomic E-state index is 0.000918. The maximum Gasteiger partial charge on any atom is 0.0925 e. The standard InChI is InChI=1S/C80H58N12/c1-9-25-67-55(17-1)37-45-81(67)89(82-46-38-56-18-2-10-26-68(56)82)75-53-76(90(83-47-39-57-19-3-11-27-69(57)83)84-48-40-58-20-4-12-28-70(58)84)64-35-36-66-78(92(87-51-43-61-23-7-15-31-73(61)87)88-52-44-62-24-8-16-32-74(62)88)54-77(65-34-33-63(75)79(64)80(65)66)91(85-49-41-59-21-5-13-29-71(59)85)86-50-42-60-22-6-14-30-72(60)86/h1-43,45-51,53-54,59,71H,44,52H2. The second-order valence-corrected chi connectivity index (χ2v) is 24.4. The predicted molar refractivity (Wildman–Crippen MR) is 378 cm³/mol. The molecule has 1 aliphatic carbocycles. The van der Waals surface area contributed by atoms with Gasteiger partial charge in [-0.15, -0.1) is 0 Å². The molecular formula is C80H58N12. The molecule has 17 aromatic rings. The first-order chi connectivity index (χ1) is 45.7. The highest BCUT2D eigenvalue weighted by molar-refractivity contribution is 6.32. The highest BCUT2D eigenvalue weighted by Gasteiger charge is 2.37. The Morgan fingerprint density at radius 3 is 1.07 bits per heavy atom. The van der Waals surface area contributed by atoms with Crippen molar-refractivity contribution >= 4 is 126 Å². The van der Waals surface area contributed by atoms with Crippen molar-refractivity contribution in [2.45, 2.75) is 12.5 Å². The SMILES string of the molecule is C1=CC2C=CN(N(c3cc(N(N4CCc5ccccc54)n4ccc5ccccc54)c4ccc5c(N(n6ccc7ccccc76)n6ccc7ccccc76)cc(N(n6ccc7ccccc76)n6ccc7ccccc76)c6ccc3c4c56)n3ccc4ccccc43)C2C=C1. The Bertz CT molecular complexity index is 5580. The number of allylic oxidation sites excluding steroid dienone is 2. The number of fused-ring (bicyclic) bond motifs is 8. The summed E-state index contributed by atoms with van der Waals surface area (Å²) in [6, 6.07) is 89.4.